The first-order chi connectivity index (χ1) is 13.2. The number of halogens is 2. The first kappa shape index (κ1) is 20.2. The van der Waals surface area contributed by atoms with Crippen molar-refractivity contribution in [1.82, 2.24) is 19.5 Å². The molecule has 0 saturated heterocycles. The van der Waals surface area contributed by atoms with Crippen LogP contribution in [0.5, 0.6) is 5.75 Å². The molecule has 1 unspecified atom stereocenters. The Labute approximate surface area is 161 Å². The number of hydrogen-bond donors (Lipinski definition) is 1. The van der Waals surface area contributed by atoms with E-state index in [2.05, 4.69) is 14.8 Å². The Balaban J connectivity index is 1.75. The molecule has 1 aromatic carbocycles. The number of nitrogens with zero attached hydrogens (tertiary/aromatic N) is 3. The largest absolute Gasteiger partial charge is 0.491 e. The van der Waals surface area contributed by atoms with E-state index in [4.69, 9.17) is 4.74 Å². The zero-order valence-corrected chi connectivity index (χ0v) is 16.4. The number of nitrogens with one attached hydrogen (secondary N) is 1. The van der Waals surface area contributed by atoms with Gasteiger partial charge < -0.3 is 4.74 Å². The van der Waals surface area contributed by atoms with Crippen molar-refractivity contribution < 1.29 is 21.9 Å². The molecule has 0 spiro atoms. The zero-order valence-electron chi connectivity index (χ0n) is 15.6. The Bertz CT molecular complexity index is 1090. The van der Waals surface area contributed by atoms with Gasteiger partial charge in [-0.05, 0) is 45.0 Å². The topological polar surface area (TPSA) is 86.1 Å². The molecule has 3 aromatic rings. The standard InChI is InChI=1S/C18H20F2N4O3S/c1-11(10-27-16-8-4-7-15-14(16)6-5-9-21-15)23-28(25,26)17-12(2)22-24(13(17)3)18(19)20/h4-9,11,18,23H,10H2,1-3H3. The van der Waals surface area contributed by atoms with Gasteiger partial charge in [-0.2, -0.15) is 13.9 Å². The highest BCUT2D eigenvalue weighted by Crippen LogP contribution is 2.25. The number of aromatic nitrogens is 3. The number of sulfonamides is 1. The number of benzene rings is 1. The van der Waals surface area contributed by atoms with Crippen LogP contribution in [0.2, 0.25) is 0 Å². The van der Waals surface area contributed by atoms with E-state index in [1.165, 1.54) is 13.8 Å². The summed E-state index contributed by atoms with van der Waals surface area (Å²) < 4.78 is 59.9. The molecule has 28 heavy (non-hydrogen) atoms. The second-order valence-electron chi connectivity index (χ2n) is 6.38. The van der Waals surface area contributed by atoms with Gasteiger partial charge in [0.25, 0.3) is 0 Å². The van der Waals surface area contributed by atoms with Crippen LogP contribution in [0.25, 0.3) is 10.9 Å². The third-order valence-corrected chi connectivity index (χ3v) is 6.00. The van der Waals surface area contributed by atoms with Crippen molar-refractivity contribution in [2.24, 2.45) is 0 Å². The summed E-state index contributed by atoms with van der Waals surface area (Å²) in [6.45, 7) is 1.44. The maximum absolute atomic E-state index is 13.0. The third kappa shape index (κ3) is 3.97. The number of pyridine rings is 1. The summed E-state index contributed by atoms with van der Waals surface area (Å²) in [5.74, 6) is 0.578. The van der Waals surface area contributed by atoms with Crippen molar-refractivity contribution in [1.29, 1.82) is 0 Å². The van der Waals surface area contributed by atoms with Crippen LogP contribution in [0.15, 0.2) is 41.4 Å². The van der Waals surface area contributed by atoms with Gasteiger partial charge in [0.15, 0.2) is 0 Å². The van der Waals surface area contributed by atoms with E-state index in [9.17, 15) is 17.2 Å². The van der Waals surface area contributed by atoms with Crippen LogP contribution in [0.3, 0.4) is 0 Å². The fourth-order valence-electron chi connectivity index (χ4n) is 3.00. The van der Waals surface area contributed by atoms with E-state index >= 15 is 0 Å². The minimum Gasteiger partial charge on any atom is -0.491 e. The number of aryl methyl sites for hydroxylation is 1. The van der Waals surface area contributed by atoms with Gasteiger partial charge in [-0.1, -0.05) is 6.07 Å². The Hall–Kier alpha value is -2.59. The highest BCUT2D eigenvalue weighted by atomic mass is 32.2. The average molecular weight is 410 g/mol. The lowest BCUT2D eigenvalue weighted by Gasteiger charge is -2.16. The Morgan fingerprint density at radius 1 is 1.21 bits per heavy atom. The normalized spacial score (nSPS) is 13.2. The Morgan fingerprint density at radius 3 is 2.64 bits per heavy atom. The summed E-state index contributed by atoms with van der Waals surface area (Å²) >= 11 is 0. The van der Waals surface area contributed by atoms with Crippen LogP contribution in [0.1, 0.15) is 24.9 Å². The second-order valence-corrected chi connectivity index (χ2v) is 8.03. The minimum atomic E-state index is -4.04. The molecular weight excluding hydrogens is 390 g/mol. The van der Waals surface area contributed by atoms with Gasteiger partial charge in [0.2, 0.25) is 10.0 Å². The van der Waals surface area contributed by atoms with E-state index < -0.39 is 22.6 Å². The van der Waals surface area contributed by atoms with Crippen LogP contribution in [0.4, 0.5) is 8.78 Å². The lowest BCUT2D eigenvalue weighted by molar-refractivity contribution is 0.0538. The highest BCUT2D eigenvalue weighted by Gasteiger charge is 2.28. The molecule has 0 bridgehead atoms. The zero-order chi connectivity index (χ0) is 20.5. The fraction of sp³-hybridized carbons (Fsp3) is 0.333. The summed E-state index contributed by atoms with van der Waals surface area (Å²) in [4.78, 5) is 4.00. The van der Waals surface area contributed by atoms with Gasteiger partial charge in [0.05, 0.1) is 22.9 Å². The molecule has 1 N–H and O–H groups in total. The smallest absolute Gasteiger partial charge is 0.333 e. The van der Waals surface area contributed by atoms with Gasteiger partial charge in [-0.25, -0.2) is 17.8 Å². The van der Waals surface area contributed by atoms with Crippen LogP contribution >= 0.6 is 0 Å². The van der Waals surface area contributed by atoms with Crippen molar-refractivity contribution in [2.45, 2.75) is 38.3 Å². The maximum Gasteiger partial charge on any atom is 0.333 e. The molecule has 0 aliphatic heterocycles. The molecule has 0 radical (unpaired) electrons. The average Bonchev–Trinajstić information content (AvgIpc) is 2.94. The predicted molar refractivity (Wildman–Crippen MR) is 100.0 cm³/mol. The van der Waals surface area contributed by atoms with Crippen LogP contribution in [-0.4, -0.2) is 35.8 Å². The SMILES string of the molecule is Cc1nn(C(F)F)c(C)c1S(=O)(=O)NC(C)COc1cccc2ncccc12. The van der Waals surface area contributed by atoms with Gasteiger partial charge >= 0.3 is 6.55 Å². The van der Waals surface area contributed by atoms with Gasteiger partial charge in [-0.15, -0.1) is 0 Å². The van der Waals surface area contributed by atoms with Crippen LogP contribution in [0, 0.1) is 13.8 Å². The number of fused-ring (bicyclic) bond motifs is 1. The van der Waals surface area contributed by atoms with Crippen LogP contribution < -0.4 is 9.46 Å². The molecule has 0 fully saturated rings. The van der Waals surface area contributed by atoms with Crippen molar-refractivity contribution in [2.75, 3.05) is 6.61 Å². The lowest BCUT2D eigenvalue weighted by Crippen LogP contribution is -2.37. The summed E-state index contributed by atoms with van der Waals surface area (Å²) in [5, 5.41) is 4.43. The predicted octanol–water partition coefficient (Wildman–Crippen LogP) is 3.19. The lowest BCUT2D eigenvalue weighted by atomic mass is 10.2. The van der Waals surface area contributed by atoms with Gasteiger partial charge in [0, 0.05) is 11.6 Å². The van der Waals surface area contributed by atoms with E-state index in [1.54, 1.807) is 31.3 Å². The van der Waals surface area contributed by atoms with E-state index in [0.29, 0.717) is 10.4 Å². The summed E-state index contributed by atoms with van der Waals surface area (Å²) in [5.41, 5.74) is 0.658. The molecule has 0 saturated carbocycles. The number of hydrogen-bond acceptors (Lipinski definition) is 5. The summed E-state index contributed by atoms with van der Waals surface area (Å²) in [6, 6.07) is 8.45. The molecule has 7 nitrogen and oxygen atoms in total. The summed E-state index contributed by atoms with van der Waals surface area (Å²) in [6.07, 6.45) is 1.67. The Morgan fingerprint density at radius 2 is 1.96 bits per heavy atom. The van der Waals surface area contributed by atoms with Crippen molar-refractivity contribution in [3.05, 3.63) is 47.9 Å². The van der Waals surface area contributed by atoms with Gasteiger partial charge in [0.1, 0.15) is 17.3 Å². The van der Waals surface area contributed by atoms with E-state index in [-0.39, 0.29) is 22.9 Å². The van der Waals surface area contributed by atoms with E-state index in [0.717, 1.165) is 10.9 Å². The van der Waals surface area contributed by atoms with Crippen molar-refractivity contribution >= 4 is 20.9 Å². The molecule has 3 rings (SSSR count). The summed E-state index contributed by atoms with van der Waals surface area (Å²) in [7, 11) is -4.04. The molecule has 0 aliphatic rings. The first-order valence-electron chi connectivity index (χ1n) is 8.53. The molecule has 2 heterocycles. The monoisotopic (exact) mass is 410 g/mol. The molecule has 0 aliphatic carbocycles. The number of ether oxygens (including phenoxy) is 1. The minimum absolute atomic E-state index is 0.0125. The molecule has 150 valence electrons. The highest BCUT2D eigenvalue weighted by molar-refractivity contribution is 7.89. The number of rotatable bonds is 7. The third-order valence-electron chi connectivity index (χ3n) is 4.16. The number of alkyl halides is 2. The molecule has 2 aromatic heterocycles. The van der Waals surface area contributed by atoms with Crippen molar-refractivity contribution in [3.63, 3.8) is 0 Å². The van der Waals surface area contributed by atoms with Gasteiger partial charge in [-0.3, -0.25) is 4.98 Å². The first-order valence-corrected chi connectivity index (χ1v) is 10.0. The second kappa shape index (κ2) is 7.80. The Kier molecular flexibility index (Phi) is 5.61. The maximum atomic E-state index is 13.0. The quantitative estimate of drug-likeness (QED) is 0.647. The fourth-order valence-corrected chi connectivity index (χ4v) is 4.63. The molecule has 0 amide bonds. The molecular formula is C18H20F2N4O3S. The van der Waals surface area contributed by atoms with Crippen molar-refractivity contribution in [3.8, 4) is 5.75 Å². The van der Waals surface area contributed by atoms with E-state index in [1.807, 2.05) is 12.1 Å². The van der Waals surface area contributed by atoms with Crippen LogP contribution in [-0.2, 0) is 10.0 Å². The molecule has 1 atom stereocenters. The molecule has 10 heteroatoms.